The van der Waals surface area contributed by atoms with E-state index in [1.807, 2.05) is 6.07 Å². The van der Waals surface area contributed by atoms with E-state index in [0.717, 1.165) is 29.7 Å². The molecule has 0 saturated heterocycles. The summed E-state index contributed by atoms with van der Waals surface area (Å²) in [5, 5.41) is 12.6. The summed E-state index contributed by atoms with van der Waals surface area (Å²) in [5.74, 6) is 0.238. The van der Waals surface area contributed by atoms with Crippen LogP contribution in [0.1, 0.15) is 53.0 Å². The lowest BCUT2D eigenvalue weighted by Gasteiger charge is -2.45. The Balaban J connectivity index is 1.76. The molecule has 7 nitrogen and oxygen atoms in total. The van der Waals surface area contributed by atoms with Crippen molar-refractivity contribution in [3.63, 3.8) is 0 Å². The Bertz CT molecular complexity index is 1250. The zero-order valence-electron chi connectivity index (χ0n) is 21.0. The smallest absolute Gasteiger partial charge is 0.465 e. The normalized spacial score (nSPS) is 17.7. The van der Waals surface area contributed by atoms with Gasteiger partial charge in [-0.05, 0) is 72.6 Å². The molecular weight excluding hydrogens is 473 g/mol. The minimum atomic E-state index is -4.76. The summed E-state index contributed by atoms with van der Waals surface area (Å²) in [6.45, 7) is 9.03. The Labute approximate surface area is 207 Å². The van der Waals surface area contributed by atoms with E-state index in [-0.39, 0.29) is 22.6 Å². The minimum absolute atomic E-state index is 0.0975. The van der Waals surface area contributed by atoms with Crippen LogP contribution in [0.25, 0.3) is 11.0 Å². The molecule has 0 aliphatic heterocycles. The Morgan fingerprint density at radius 3 is 2.28 bits per heavy atom. The number of carbonyl (C=O) groups is 1. The van der Waals surface area contributed by atoms with Crippen LogP contribution in [-0.4, -0.2) is 34.2 Å². The molecule has 1 heterocycles. The second kappa shape index (κ2) is 8.90. The van der Waals surface area contributed by atoms with Crippen molar-refractivity contribution in [2.45, 2.75) is 59.4 Å². The molecule has 4 rings (SSSR count). The van der Waals surface area contributed by atoms with Crippen molar-refractivity contribution in [3.05, 3.63) is 42.5 Å². The average Bonchev–Trinajstić information content (AvgIpc) is 3.08. The zero-order chi connectivity index (χ0) is 26.5. The van der Waals surface area contributed by atoms with Crippen LogP contribution in [0, 0.1) is 10.8 Å². The molecule has 2 aromatic carbocycles. The molecule has 0 radical (unpaired) electrons. The highest BCUT2D eigenvalue weighted by atomic mass is 19.4. The van der Waals surface area contributed by atoms with E-state index in [1.54, 1.807) is 12.1 Å². The highest BCUT2D eigenvalue weighted by Crippen LogP contribution is 2.51. The molecule has 0 unspecified atom stereocenters. The van der Waals surface area contributed by atoms with Crippen molar-refractivity contribution in [3.8, 4) is 5.75 Å². The predicted octanol–water partition coefficient (Wildman–Crippen LogP) is 7.57. The van der Waals surface area contributed by atoms with Crippen LogP contribution >= 0.6 is 0 Å². The second-order valence-corrected chi connectivity index (χ2v) is 11.1. The summed E-state index contributed by atoms with van der Waals surface area (Å²) in [7, 11) is 1.47. The van der Waals surface area contributed by atoms with Crippen LogP contribution in [0.2, 0.25) is 0 Å². The lowest BCUT2D eigenvalue weighted by molar-refractivity contribution is -0.274. The van der Waals surface area contributed by atoms with Crippen LogP contribution < -0.4 is 15.0 Å². The highest BCUT2D eigenvalue weighted by Gasteiger charge is 2.40. The fourth-order valence-corrected chi connectivity index (χ4v) is 5.70. The fourth-order valence-electron chi connectivity index (χ4n) is 5.70. The highest BCUT2D eigenvalue weighted by molar-refractivity contribution is 5.90. The number of hydrogen-bond donors (Lipinski definition) is 2. The third kappa shape index (κ3) is 5.68. The van der Waals surface area contributed by atoms with E-state index >= 15 is 0 Å². The van der Waals surface area contributed by atoms with Gasteiger partial charge in [-0.25, -0.2) is 9.78 Å². The molecule has 0 bridgehead atoms. The molecule has 1 aliphatic carbocycles. The fraction of sp³-hybridized carbons (Fsp3) is 0.462. The summed E-state index contributed by atoms with van der Waals surface area (Å²) in [5.41, 5.74) is 2.72. The maximum Gasteiger partial charge on any atom is 0.573 e. The van der Waals surface area contributed by atoms with E-state index < -0.39 is 12.5 Å². The predicted molar refractivity (Wildman–Crippen MR) is 133 cm³/mol. The number of benzene rings is 2. The van der Waals surface area contributed by atoms with E-state index in [4.69, 9.17) is 4.98 Å². The van der Waals surface area contributed by atoms with Gasteiger partial charge < -0.3 is 19.7 Å². The van der Waals surface area contributed by atoms with Crippen LogP contribution in [-0.2, 0) is 0 Å². The van der Waals surface area contributed by atoms with Crippen LogP contribution in [0.15, 0.2) is 42.5 Å². The standard InChI is InChI=1S/C26H31F3N4O3/c1-24(2)13-18(14-25(3,4)15-24)33-21-11-8-17(32(5)23(34)35)12-20(21)31-22(33)30-16-6-9-19(10-7-16)36-26(27,28)29/h6-12,18H,13-15H2,1-5H3,(H,30,31)(H,34,35). The largest absolute Gasteiger partial charge is 0.573 e. The van der Waals surface area contributed by atoms with E-state index in [1.165, 1.54) is 31.3 Å². The molecule has 1 aromatic heterocycles. The molecule has 194 valence electrons. The van der Waals surface area contributed by atoms with Crippen LogP contribution in [0.4, 0.5) is 35.3 Å². The zero-order valence-corrected chi connectivity index (χ0v) is 21.0. The van der Waals surface area contributed by atoms with E-state index in [2.05, 4.69) is 42.3 Å². The van der Waals surface area contributed by atoms with E-state index in [9.17, 15) is 23.1 Å². The molecule has 0 atom stereocenters. The SMILES string of the molecule is CN(C(=O)O)c1ccc2c(c1)nc(Nc1ccc(OC(F)(F)F)cc1)n2C1CC(C)(C)CC(C)(C)C1. The van der Waals surface area contributed by atoms with Gasteiger partial charge in [0, 0.05) is 24.5 Å². The lowest BCUT2D eigenvalue weighted by Crippen LogP contribution is -2.35. The number of carboxylic acid groups (broad SMARTS) is 1. The van der Waals surface area contributed by atoms with Gasteiger partial charge in [-0.2, -0.15) is 0 Å². The number of halogens is 3. The number of nitrogens with zero attached hydrogens (tertiary/aromatic N) is 3. The molecule has 2 N–H and O–H groups in total. The second-order valence-electron chi connectivity index (χ2n) is 11.1. The first-order chi connectivity index (χ1) is 16.6. The number of amides is 1. The van der Waals surface area contributed by atoms with Gasteiger partial charge in [-0.1, -0.05) is 27.7 Å². The van der Waals surface area contributed by atoms with Crippen molar-refractivity contribution in [1.82, 2.24) is 9.55 Å². The van der Waals surface area contributed by atoms with Crippen LogP contribution in [0.5, 0.6) is 5.75 Å². The van der Waals surface area contributed by atoms with Crippen molar-refractivity contribution in [2.75, 3.05) is 17.3 Å². The van der Waals surface area contributed by atoms with Gasteiger partial charge in [0.25, 0.3) is 0 Å². The summed E-state index contributed by atoms with van der Waals surface area (Å²) >= 11 is 0. The number of hydrogen-bond acceptors (Lipinski definition) is 4. The number of aromatic nitrogens is 2. The van der Waals surface area contributed by atoms with Crippen molar-refractivity contribution >= 4 is 34.4 Å². The van der Waals surface area contributed by atoms with Gasteiger partial charge in [0.05, 0.1) is 11.0 Å². The topological polar surface area (TPSA) is 79.6 Å². The first-order valence-electron chi connectivity index (χ1n) is 11.7. The van der Waals surface area contributed by atoms with E-state index in [0.29, 0.717) is 22.8 Å². The molecular formula is C26H31F3N4O3. The van der Waals surface area contributed by atoms with Gasteiger partial charge >= 0.3 is 12.5 Å². The van der Waals surface area contributed by atoms with Crippen LogP contribution in [0.3, 0.4) is 0 Å². The summed E-state index contributed by atoms with van der Waals surface area (Å²) < 4.78 is 43.7. The minimum Gasteiger partial charge on any atom is -0.465 e. The number of nitrogens with one attached hydrogen (secondary N) is 1. The van der Waals surface area contributed by atoms with Gasteiger partial charge in [-0.3, -0.25) is 4.90 Å². The Morgan fingerprint density at radius 1 is 1.11 bits per heavy atom. The monoisotopic (exact) mass is 504 g/mol. The third-order valence-corrected chi connectivity index (χ3v) is 6.59. The molecule has 1 saturated carbocycles. The number of fused-ring (bicyclic) bond motifs is 1. The molecule has 1 fully saturated rings. The Morgan fingerprint density at radius 2 is 1.72 bits per heavy atom. The number of rotatable bonds is 5. The first-order valence-corrected chi connectivity index (χ1v) is 11.7. The first kappa shape index (κ1) is 25.7. The Kier molecular flexibility index (Phi) is 6.34. The molecule has 1 aliphatic rings. The third-order valence-electron chi connectivity index (χ3n) is 6.59. The average molecular weight is 505 g/mol. The van der Waals surface area contributed by atoms with Crippen molar-refractivity contribution < 1.29 is 27.8 Å². The molecule has 3 aromatic rings. The number of ether oxygens (including phenoxy) is 1. The lowest BCUT2D eigenvalue weighted by atomic mass is 9.63. The molecule has 1 amide bonds. The maximum atomic E-state index is 12.5. The quantitative estimate of drug-likeness (QED) is 0.375. The maximum absolute atomic E-state index is 12.5. The van der Waals surface area contributed by atoms with Gasteiger partial charge in [0.15, 0.2) is 0 Å². The van der Waals surface area contributed by atoms with Crippen molar-refractivity contribution in [2.24, 2.45) is 10.8 Å². The Hall–Kier alpha value is -3.43. The molecule has 0 spiro atoms. The summed E-state index contributed by atoms with van der Waals surface area (Å²) in [4.78, 5) is 17.4. The van der Waals surface area contributed by atoms with Gasteiger partial charge in [-0.15, -0.1) is 13.2 Å². The molecule has 10 heteroatoms. The van der Waals surface area contributed by atoms with Gasteiger partial charge in [0.2, 0.25) is 5.95 Å². The molecule has 36 heavy (non-hydrogen) atoms. The summed E-state index contributed by atoms with van der Waals surface area (Å²) in [6, 6.07) is 11.0. The number of imidazole rings is 1. The summed E-state index contributed by atoms with van der Waals surface area (Å²) in [6.07, 6.45) is -2.91. The number of anilines is 3. The number of alkyl halides is 3. The van der Waals surface area contributed by atoms with Crippen molar-refractivity contribution in [1.29, 1.82) is 0 Å². The van der Waals surface area contributed by atoms with Gasteiger partial charge in [0.1, 0.15) is 5.75 Å².